The molecule has 2 rings (SSSR count). The van der Waals surface area contributed by atoms with E-state index in [-0.39, 0.29) is 28.8 Å². The van der Waals surface area contributed by atoms with Gasteiger partial charge in [-0.15, -0.1) is 17.0 Å². The minimum atomic E-state index is -0.0250. The van der Waals surface area contributed by atoms with Gasteiger partial charge >= 0.3 is 0 Å². The standard InChI is InChI=1S/C14H15NO.BrH/c15-14(12-6-2-1-3-7-12)10-11-5-4-8-13(16)9-11;/h1-9,14,16H,10,15H2;1H. The monoisotopic (exact) mass is 293 g/mol. The topological polar surface area (TPSA) is 46.2 Å². The summed E-state index contributed by atoms with van der Waals surface area (Å²) in [5.74, 6) is 0.290. The fraction of sp³-hybridized carbons (Fsp3) is 0.143. The molecule has 0 heterocycles. The van der Waals surface area contributed by atoms with E-state index in [0.717, 1.165) is 17.5 Å². The summed E-state index contributed by atoms with van der Waals surface area (Å²) in [5, 5.41) is 9.36. The Balaban J connectivity index is 0.00000144. The minimum Gasteiger partial charge on any atom is -0.508 e. The molecule has 0 spiro atoms. The summed E-state index contributed by atoms with van der Waals surface area (Å²) in [6.07, 6.45) is 0.735. The average molecular weight is 294 g/mol. The number of halogens is 1. The van der Waals surface area contributed by atoms with Gasteiger partial charge in [-0.3, -0.25) is 0 Å². The summed E-state index contributed by atoms with van der Waals surface area (Å²) in [4.78, 5) is 0. The molecule has 0 aliphatic rings. The normalized spacial score (nSPS) is 11.6. The molecule has 2 nitrogen and oxygen atoms in total. The SMILES string of the molecule is Br.NC(Cc1cccc(O)c1)c1ccccc1. The van der Waals surface area contributed by atoms with Crippen LogP contribution in [-0.2, 0) is 6.42 Å². The molecule has 0 aromatic heterocycles. The predicted octanol–water partition coefficient (Wildman–Crippen LogP) is 3.21. The van der Waals surface area contributed by atoms with Gasteiger partial charge in [-0.1, -0.05) is 42.5 Å². The van der Waals surface area contributed by atoms with Crippen LogP contribution in [0.25, 0.3) is 0 Å². The molecule has 0 saturated carbocycles. The lowest BCUT2D eigenvalue weighted by Crippen LogP contribution is -2.12. The average Bonchev–Trinajstić information content (AvgIpc) is 2.30. The number of rotatable bonds is 3. The molecule has 2 aromatic carbocycles. The van der Waals surface area contributed by atoms with Gasteiger partial charge in [0.2, 0.25) is 0 Å². The van der Waals surface area contributed by atoms with Crippen molar-refractivity contribution in [2.24, 2.45) is 5.73 Å². The molecular formula is C14H16BrNO. The van der Waals surface area contributed by atoms with Gasteiger partial charge in [-0.25, -0.2) is 0 Å². The Kier molecular flexibility index (Phi) is 5.19. The van der Waals surface area contributed by atoms with Crippen LogP contribution in [0.5, 0.6) is 5.75 Å². The van der Waals surface area contributed by atoms with E-state index in [2.05, 4.69) is 0 Å². The highest BCUT2D eigenvalue weighted by Gasteiger charge is 2.06. The lowest BCUT2D eigenvalue weighted by Gasteiger charge is -2.12. The van der Waals surface area contributed by atoms with Gasteiger partial charge < -0.3 is 10.8 Å². The smallest absolute Gasteiger partial charge is 0.115 e. The van der Waals surface area contributed by atoms with Crippen molar-refractivity contribution in [2.75, 3.05) is 0 Å². The van der Waals surface area contributed by atoms with Crippen molar-refractivity contribution >= 4 is 17.0 Å². The van der Waals surface area contributed by atoms with Crippen molar-refractivity contribution in [2.45, 2.75) is 12.5 Å². The lowest BCUT2D eigenvalue weighted by molar-refractivity contribution is 0.474. The van der Waals surface area contributed by atoms with E-state index in [1.807, 2.05) is 42.5 Å². The maximum Gasteiger partial charge on any atom is 0.115 e. The van der Waals surface area contributed by atoms with Crippen molar-refractivity contribution in [1.82, 2.24) is 0 Å². The molecule has 1 unspecified atom stereocenters. The van der Waals surface area contributed by atoms with Gasteiger partial charge in [-0.2, -0.15) is 0 Å². The summed E-state index contributed by atoms with van der Waals surface area (Å²) in [6.45, 7) is 0. The third kappa shape index (κ3) is 3.88. The van der Waals surface area contributed by atoms with E-state index < -0.39 is 0 Å². The quantitative estimate of drug-likeness (QED) is 0.913. The first-order valence-electron chi connectivity index (χ1n) is 5.34. The Labute approximate surface area is 112 Å². The number of aromatic hydroxyl groups is 1. The molecule has 3 heteroatoms. The summed E-state index contributed by atoms with van der Waals surface area (Å²) in [5.41, 5.74) is 8.26. The fourth-order valence-electron chi connectivity index (χ4n) is 1.76. The number of phenolic OH excluding ortho intramolecular Hbond substituents is 1. The minimum absolute atomic E-state index is 0. The number of benzene rings is 2. The summed E-state index contributed by atoms with van der Waals surface area (Å²) in [7, 11) is 0. The number of hydrogen-bond acceptors (Lipinski definition) is 2. The van der Waals surface area contributed by atoms with E-state index in [4.69, 9.17) is 5.73 Å². The molecule has 2 aromatic rings. The molecule has 0 aliphatic heterocycles. The first-order valence-corrected chi connectivity index (χ1v) is 5.34. The Hall–Kier alpha value is -1.32. The molecule has 90 valence electrons. The summed E-state index contributed by atoms with van der Waals surface area (Å²) >= 11 is 0. The number of nitrogens with two attached hydrogens (primary N) is 1. The fourth-order valence-corrected chi connectivity index (χ4v) is 1.76. The summed E-state index contributed by atoms with van der Waals surface area (Å²) in [6, 6.07) is 17.2. The maximum atomic E-state index is 9.36. The van der Waals surface area contributed by atoms with Crippen LogP contribution < -0.4 is 5.73 Å². The second-order valence-electron chi connectivity index (χ2n) is 3.89. The first kappa shape index (κ1) is 13.7. The summed E-state index contributed by atoms with van der Waals surface area (Å²) < 4.78 is 0. The second kappa shape index (κ2) is 6.42. The molecule has 0 aliphatic carbocycles. The highest BCUT2D eigenvalue weighted by Crippen LogP contribution is 2.18. The van der Waals surface area contributed by atoms with Gasteiger partial charge in [-0.05, 0) is 29.7 Å². The molecule has 17 heavy (non-hydrogen) atoms. The highest BCUT2D eigenvalue weighted by atomic mass is 79.9. The van der Waals surface area contributed by atoms with Crippen LogP contribution in [0.4, 0.5) is 0 Å². The van der Waals surface area contributed by atoms with Gasteiger partial charge in [0.25, 0.3) is 0 Å². The van der Waals surface area contributed by atoms with Crippen molar-refractivity contribution in [1.29, 1.82) is 0 Å². The molecule has 0 amide bonds. The predicted molar refractivity (Wildman–Crippen MR) is 75.5 cm³/mol. The van der Waals surface area contributed by atoms with Gasteiger partial charge in [0.1, 0.15) is 5.75 Å². The molecule has 0 radical (unpaired) electrons. The Morgan fingerprint density at radius 2 is 1.71 bits per heavy atom. The van der Waals surface area contributed by atoms with Crippen LogP contribution >= 0.6 is 17.0 Å². The largest absolute Gasteiger partial charge is 0.508 e. The zero-order valence-electron chi connectivity index (χ0n) is 9.41. The molecule has 0 bridgehead atoms. The maximum absolute atomic E-state index is 9.36. The molecule has 0 fully saturated rings. The van der Waals surface area contributed by atoms with Crippen LogP contribution in [0.15, 0.2) is 54.6 Å². The second-order valence-corrected chi connectivity index (χ2v) is 3.89. The number of hydrogen-bond donors (Lipinski definition) is 2. The van der Waals surface area contributed by atoms with Crippen LogP contribution in [0.2, 0.25) is 0 Å². The van der Waals surface area contributed by atoms with Crippen LogP contribution in [0.1, 0.15) is 17.2 Å². The third-order valence-corrected chi connectivity index (χ3v) is 2.59. The molecule has 3 N–H and O–H groups in total. The molecule has 0 saturated heterocycles. The third-order valence-electron chi connectivity index (χ3n) is 2.59. The van der Waals surface area contributed by atoms with Gasteiger partial charge in [0, 0.05) is 6.04 Å². The zero-order chi connectivity index (χ0) is 11.4. The van der Waals surface area contributed by atoms with E-state index in [1.165, 1.54) is 0 Å². The number of phenols is 1. The molecular weight excluding hydrogens is 278 g/mol. The van der Waals surface area contributed by atoms with Crippen LogP contribution in [0, 0.1) is 0 Å². The first-order chi connectivity index (χ1) is 7.75. The van der Waals surface area contributed by atoms with Crippen LogP contribution in [0.3, 0.4) is 0 Å². The molecule has 1 atom stereocenters. The van der Waals surface area contributed by atoms with E-state index in [9.17, 15) is 5.11 Å². The van der Waals surface area contributed by atoms with E-state index in [1.54, 1.807) is 12.1 Å². The van der Waals surface area contributed by atoms with E-state index >= 15 is 0 Å². The van der Waals surface area contributed by atoms with Crippen LogP contribution in [-0.4, -0.2) is 5.11 Å². The van der Waals surface area contributed by atoms with Gasteiger partial charge in [0.15, 0.2) is 0 Å². The Morgan fingerprint density at radius 1 is 1.00 bits per heavy atom. The van der Waals surface area contributed by atoms with Gasteiger partial charge in [0.05, 0.1) is 0 Å². The zero-order valence-corrected chi connectivity index (χ0v) is 11.1. The highest BCUT2D eigenvalue weighted by molar-refractivity contribution is 8.93. The van der Waals surface area contributed by atoms with E-state index in [0.29, 0.717) is 0 Å². The Bertz CT molecular complexity index is 459. The van der Waals surface area contributed by atoms with Crippen molar-refractivity contribution in [3.05, 3.63) is 65.7 Å². The lowest BCUT2D eigenvalue weighted by atomic mass is 10.00. The Morgan fingerprint density at radius 3 is 2.35 bits per heavy atom. The van der Waals surface area contributed by atoms with Crippen molar-refractivity contribution in [3.8, 4) is 5.75 Å². The van der Waals surface area contributed by atoms with Crippen molar-refractivity contribution < 1.29 is 5.11 Å². The van der Waals surface area contributed by atoms with Crippen molar-refractivity contribution in [3.63, 3.8) is 0 Å².